The molecule has 0 bridgehead atoms. The van der Waals surface area contributed by atoms with E-state index < -0.39 is 0 Å². The number of fused-ring (bicyclic) bond motifs is 1. The van der Waals surface area contributed by atoms with Crippen LogP contribution in [0.5, 0.6) is 5.75 Å². The Bertz CT molecular complexity index is 1530. The molecule has 1 aliphatic rings. The number of nitrogens with one attached hydrogen (secondary N) is 2. The van der Waals surface area contributed by atoms with Gasteiger partial charge in [-0.15, -0.1) is 0 Å². The quantitative estimate of drug-likeness (QED) is 0.285. The molecule has 1 fully saturated rings. The highest BCUT2D eigenvalue weighted by atomic mass is 16.5. The zero-order valence-corrected chi connectivity index (χ0v) is 24.7. The highest BCUT2D eigenvalue weighted by Gasteiger charge is 2.28. The number of anilines is 1. The van der Waals surface area contributed by atoms with Gasteiger partial charge in [-0.2, -0.15) is 0 Å². The first kappa shape index (κ1) is 29.3. The van der Waals surface area contributed by atoms with Crippen LogP contribution in [0, 0.1) is 0 Å². The molecule has 0 radical (unpaired) electrons. The molecule has 1 aliphatic heterocycles. The number of hydrogen-bond acceptors (Lipinski definition) is 6. The fraction of sp³-hybridized carbons (Fsp3) is 0.364. The molecule has 42 heavy (non-hydrogen) atoms. The van der Waals surface area contributed by atoms with Crippen LogP contribution < -0.4 is 15.4 Å². The minimum atomic E-state index is -0.261. The Morgan fingerprint density at radius 1 is 1.07 bits per heavy atom. The van der Waals surface area contributed by atoms with Crippen molar-refractivity contribution in [3.05, 3.63) is 89.2 Å². The van der Waals surface area contributed by atoms with Gasteiger partial charge < -0.3 is 24.7 Å². The van der Waals surface area contributed by atoms with Gasteiger partial charge in [0.2, 0.25) is 0 Å². The van der Waals surface area contributed by atoms with Crippen LogP contribution in [-0.2, 0) is 24.8 Å². The van der Waals surface area contributed by atoms with Gasteiger partial charge in [0, 0.05) is 38.8 Å². The molecule has 1 saturated heterocycles. The Morgan fingerprint density at radius 2 is 1.79 bits per heavy atom. The van der Waals surface area contributed by atoms with E-state index in [4.69, 9.17) is 14.5 Å². The van der Waals surface area contributed by atoms with Crippen LogP contribution in [0.1, 0.15) is 52.9 Å². The number of pyridine rings is 1. The number of hydrogen-bond donors (Lipinski definition) is 2. The lowest BCUT2D eigenvalue weighted by molar-refractivity contribution is -0.0293. The number of benzene rings is 2. The molecule has 9 heteroatoms. The summed E-state index contributed by atoms with van der Waals surface area (Å²) in [7, 11) is 1.82. The van der Waals surface area contributed by atoms with Crippen molar-refractivity contribution in [3.63, 3.8) is 0 Å². The number of nitrogens with zero attached hydrogens (tertiary/aromatic N) is 3. The van der Waals surface area contributed by atoms with Crippen molar-refractivity contribution in [2.24, 2.45) is 7.05 Å². The van der Waals surface area contributed by atoms with Crippen molar-refractivity contribution in [1.29, 1.82) is 0 Å². The molecule has 1 atom stereocenters. The standard InChI is InChI=1S/C33H39N5O4/c1-5-27-28(36-32(39)24-14-10-7-11-15-24)18-26-30(42-22(2)3)29(37(4)31(26)35-27)33(40)34-19-25-21-38(16-17-41-25)20-23-12-8-6-9-13-23/h6-15,18,22,25H,5,16-17,19-21H2,1-4H3,(H,34,40)(H,36,39). The number of carbonyl (C=O) groups excluding carboxylic acids is 2. The van der Waals surface area contributed by atoms with Crippen molar-refractivity contribution in [3.8, 4) is 5.75 Å². The van der Waals surface area contributed by atoms with E-state index in [1.165, 1.54) is 5.56 Å². The minimum absolute atomic E-state index is 0.125. The molecule has 2 N–H and O–H groups in total. The molecule has 2 aromatic heterocycles. The van der Waals surface area contributed by atoms with Gasteiger partial charge in [-0.25, -0.2) is 4.98 Å². The summed E-state index contributed by atoms with van der Waals surface area (Å²) in [4.78, 5) is 33.9. The normalized spacial score (nSPS) is 15.6. The van der Waals surface area contributed by atoms with Crippen LogP contribution in [0.25, 0.3) is 11.0 Å². The molecule has 9 nitrogen and oxygen atoms in total. The van der Waals surface area contributed by atoms with E-state index in [9.17, 15) is 9.59 Å². The fourth-order valence-electron chi connectivity index (χ4n) is 5.30. The second kappa shape index (κ2) is 13.2. The van der Waals surface area contributed by atoms with Crippen LogP contribution in [0.3, 0.4) is 0 Å². The van der Waals surface area contributed by atoms with Gasteiger partial charge in [-0.05, 0) is 44.0 Å². The average molecular weight is 570 g/mol. The number of rotatable bonds is 10. The van der Waals surface area contributed by atoms with E-state index in [-0.39, 0.29) is 24.0 Å². The summed E-state index contributed by atoms with van der Waals surface area (Å²) < 4.78 is 14.0. The lowest BCUT2D eigenvalue weighted by Crippen LogP contribution is -2.47. The Balaban J connectivity index is 1.37. The lowest BCUT2D eigenvalue weighted by atomic mass is 10.1. The average Bonchev–Trinajstić information content (AvgIpc) is 3.26. The summed E-state index contributed by atoms with van der Waals surface area (Å²) >= 11 is 0. The van der Waals surface area contributed by atoms with E-state index in [0.717, 1.165) is 25.3 Å². The van der Waals surface area contributed by atoms with Gasteiger partial charge in [0.1, 0.15) is 5.65 Å². The van der Waals surface area contributed by atoms with E-state index in [1.807, 2.05) is 70.3 Å². The van der Waals surface area contributed by atoms with Crippen molar-refractivity contribution in [1.82, 2.24) is 19.8 Å². The van der Waals surface area contributed by atoms with Gasteiger partial charge in [0.25, 0.3) is 11.8 Å². The predicted octanol–water partition coefficient (Wildman–Crippen LogP) is 4.81. The van der Waals surface area contributed by atoms with Crippen molar-refractivity contribution < 1.29 is 19.1 Å². The molecule has 0 saturated carbocycles. The summed E-state index contributed by atoms with van der Waals surface area (Å²) in [5.74, 6) is -0.0380. The molecular formula is C33H39N5O4. The molecule has 3 heterocycles. The number of aromatic nitrogens is 2. The number of carbonyl (C=O) groups is 2. The molecule has 2 amide bonds. The summed E-state index contributed by atoms with van der Waals surface area (Å²) in [5.41, 5.74) is 4.14. The van der Waals surface area contributed by atoms with Crippen LogP contribution in [0.2, 0.25) is 0 Å². The first-order chi connectivity index (χ1) is 20.3. The maximum atomic E-state index is 13.7. The van der Waals surface area contributed by atoms with Gasteiger partial charge >= 0.3 is 0 Å². The zero-order chi connectivity index (χ0) is 29.6. The third kappa shape index (κ3) is 6.64. The highest BCUT2D eigenvalue weighted by Crippen LogP contribution is 2.35. The zero-order valence-electron chi connectivity index (χ0n) is 24.7. The third-order valence-electron chi connectivity index (χ3n) is 7.34. The maximum absolute atomic E-state index is 13.7. The number of ether oxygens (including phenoxy) is 2. The molecular weight excluding hydrogens is 530 g/mol. The van der Waals surface area contributed by atoms with E-state index in [2.05, 4.69) is 27.7 Å². The first-order valence-electron chi connectivity index (χ1n) is 14.6. The van der Waals surface area contributed by atoms with E-state index >= 15 is 0 Å². The summed E-state index contributed by atoms with van der Waals surface area (Å²) in [6, 6.07) is 21.3. The second-order valence-electron chi connectivity index (χ2n) is 10.9. The fourth-order valence-corrected chi connectivity index (χ4v) is 5.30. The summed E-state index contributed by atoms with van der Waals surface area (Å²) in [6.45, 7) is 9.24. The predicted molar refractivity (Wildman–Crippen MR) is 164 cm³/mol. The molecule has 2 aromatic carbocycles. The molecule has 0 aliphatic carbocycles. The Labute approximate surface area is 246 Å². The minimum Gasteiger partial charge on any atom is -0.488 e. The van der Waals surface area contributed by atoms with Crippen LogP contribution in [-0.4, -0.2) is 64.7 Å². The van der Waals surface area contributed by atoms with Crippen molar-refractivity contribution in [2.75, 3.05) is 31.6 Å². The lowest BCUT2D eigenvalue weighted by Gasteiger charge is -2.33. The van der Waals surface area contributed by atoms with Gasteiger partial charge in [-0.3, -0.25) is 14.5 Å². The van der Waals surface area contributed by atoms with E-state index in [1.54, 1.807) is 16.7 Å². The third-order valence-corrected chi connectivity index (χ3v) is 7.34. The smallest absolute Gasteiger partial charge is 0.271 e. The Morgan fingerprint density at radius 3 is 2.48 bits per heavy atom. The summed E-state index contributed by atoms with van der Waals surface area (Å²) in [5, 5.41) is 6.75. The number of aryl methyl sites for hydroxylation is 2. The van der Waals surface area contributed by atoms with Gasteiger partial charge in [0.05, 0.1) is 35.6 Å². The van der Waals surface area contributed by atoms with Crippen LogP contribution in [0.4, 0.5) is 5.69 Å². The van der Waals surface area contributed by atoms with Gasteiger partial charge in [0.15, 0.2) is 11.4 Å². The summed E-state index contributed by atoms with van der Waals surface area (Å²) in [6.07, 6.45) is 0.301. The van der Waals surface area contributed by atoms with Crippen LogP contribution in [0.15, 0.2) is 66.7 Å². The highest BCUT2D eigenvalue weighted by molar-refractivity contribution is 6.07. The maximum Gasteiger partial charge on any atom is 0.271 e. The molecule has 5 rings (SSSR count). The largest absolute Gasteiger partial charge is 0.488 e. The van der Waals surface area contributed by atoms with E-state index in [0.29, 0.717) is 53.3 Å². The van der Waals surface area contributed by atoms with Crippen LogP contribution >= 0.6 is 0 Å². The molecule has 0 spiro atoms. The monoisotopic (exact) mass is 569 g/mol. The molecule has 220 valence electrons. The SMILES string of the molecule is CCc1nc2c(cc1NC(=O)c1ccccc1)c(OC(C)C)c(C(=O)NCC1CN(Cc3ccccc3)CCO1)n2C. The Hall–Kier alpha value is -4.21. The molecule has 4 aromatic rings. The first-order valence-corrected chi connectivity index (χ1v) is 14.6. The van der Waals surface area contributed by atoms with Crippen molar-refractivity contribution >= 4 is 28.5 Å². The molecule has 1 unspecified atom stereocenters. The van der Waals surface area contributed by atoms with Gasteiger partial charge in [-0.1, -0.05) is 55.5 Å². The topological polar surface area (TPSA) is 97.7 Å². The Kier molecular flexibility index (Phi) is 9.19. The second-order valence-corrected chi connectivity index (χ2v) is 10.9. The van der Waals surface area contributed by atoms with Crippen molar-refractivity contribution in [2.45, 2.75) is 45.9 Å². The number of morpholine rings is 1. The number of amides is 2.